The first-order chi connectivity index (χ1) is 8.16. The molecule has 0 radical (unpaired) electrons. The molecule has 1 amide bonds. The number of β-amino-alcohol motifs (C(OH)–C–C–N with tert-alkyl or cyclic N) is 1. The van der Waals surface area contributed by atoms with Gasteiger partial charge in [-0.15, -0.1) is 0 Å². The Hall–Kier alpha value is -1.39. The van der Waals surface area contributed by atoms with Gasteiger partial charge < -0.3 is 15.7 Å². The second-order valence-corrected chi connectivity index (χ2v) is 4.49. The van der Waals surface area contributed by atoms with Crippen LogP contribution in [0.15, 0.2) is 30.3 Å². The van der Waals surface area contributed by atoms with Gasteiger partial charge in [0.2, 0.25) is 5.91 Å². The first-order valence-corrected chi connectivity index (χ1v) is 5.93. The van der Waals surface area contributed by atoms with Crippen LogP contribution in [0.3, 0.4) is 0 Å². The molecule has 1 saturated heterocycles. The Bertz CT molecular complexity index is 380. The van der Waals surface area contributed by atoms with Crippen LogP contribution in [0.25, 0.3) is 0 Å². The van der Waals surface area contributed by atoms with Crippen LogP contribution in [0.1, 0.15) is 24.9 Å². The maximum absolute atomic E-state index is 11.9. The number of carbonyl (C=O) groups excluding carboxylic acids is 1. The lowest BCUT2D eigenvalue weighted by molar-refractivity contribution is -0.123. The van der Waals surface area contributed by atoms with Gasteiger partial charge in [0.25, 0.3) is 0 Å². The molecule has 92 valence electrons. The Morgan fingerprint density at radius 2 is 2.18 bits per heavy atom. The van der Waals surface area contributed by atoms with Gasteiger partial charge in [0.15, 0.2) is 0 Å². The number of aliphatic hydroxyl groups is 1. The van der Waals surface area contributed by atoms with Crippen LogP contribution in [-0.2, 0) is 4.79 Å². The van der Waals surface area contributed by atoms with Crippen LogP contribution in [0.2, 0.25) is 0 Å². The number of hydrogen-bond donors (Lipinski definition) is 3. The van der Waals surface area contributed by atoms with E-state index in [4.69, 9.17) is 0 Å². The van der Waals surface area contributed by atoms with Crippen molar-refractivity contribution >= 4 is 5.91 Å². The van der Waals surface area contributed by atoms with Gasteiger partial charge >= 0.3 is 0 Å². The minimum atomic E-state index is -0.405. The van der Waals surface area contributed by atoms with Crippen molar-refractivity contribution in [3.05, 3.63) is 35.9 Å². The minimum Gasteiger partial charge on any atom is -0.392 e. The van der Waals surface area contributed by atoms with E-state index in [1.165, 1.54) is 0 Å². The van der Waals surface area contributed by atoms with Crippen molar-refractivity contribution in [2.24, 2.45) is 0 Å². The van der Waals surface area contributed by atoms with Crippen LogP contribution >= 0.6 is 0 Å². The van der Waals surface area contributed by atoms with Gasteiger partial charge in [-0.2, -0.15) is 0 Å². The van der Waals surface area contributed by atoms with Gasteiger partial charge in [0.05, 0.1) is 18.2 Å². The lowest BCUT2D eigenvalue weighted by Crippen LogP contribution is -2.41. The number of rotatable bonds is 3. The predicted molar refractivity (Wildman–Crippen MR) is 65.4 cm³/mol. The van der Waals surface area contributed by atoms with Crippen molar-refractivity contribution in [1.29, 1.82) is 0 Å². The molecule has 1 fully saturated rings. The van der Waals surface area contributed by atoms with Crippen molar-refractivity contribution in [2.75, 3.05) is 6.54 Å². The molecule has 3 N–H and O–H groups in total. The summed E-state index contributed by atoms with van der Waals surface area (Å²) in [5.74, 6) is -0.0436. The Labute approximate surface area is 101 Å². The van der Waals surface area contributed by atoms with E-state index in [0.29, 0.717) is 13.0 Å². The Morgan fingerprint density at radius 3 is 2.76 bits per heavy atom. The maximum Gasteiger partial charge on any atom is 0.237 e. The molecule has 1 aromatic rings. The summed E-state index contributed by atoms with van der Waals surface area (Å²) in [7, 11) is 0. The summed E-state index contributed by atoms with van der Waals surface area (Å²) < 4.78 is 0. The molecule has 1 heterocycles. The van der Waals surface area contributed by atoms with Crippen molar-refractivity contribution in [3.8, 4) is 0 Å². The predicted octanol–water partition coefficient (Wildman–Crippen LogP) is 0.587. The third kappa shape index (κ3) is 3.05. The first-order valence-electron chi connectivity index (χ1n) is 5.93. The molecule has 2 rings (SSSR count). The van der Waals surface area contributed by atoms with E-state index in [1.54, 1.807) is 0 Å². The molecule has 0 aromatic heterocycles. The van der Waals surface area contributed by atoms with E-state index < -0.39 is 6.10 Å². The standard InChI is InChI=1S/C13H18N2O2/c1-9(10-5-3-2-4-6-10)15-13(17)12-7-11(16)8-14-12/h2-6,9,11-12,14,16H,7-8H2,1H3,(H,15,17)/t9-,11?,12?/m0/s1. The number of amides is 1. The fraction of sp³-hybridized carbons (Fsp3) is 0.462. The summed E-state index contributed by atoms with van der Waals surface area (Å²) in [4.78, 5) is 11.9. The summed E-state index contributed by atoms with van der Waals surface area (Å²) >= 11 is 0. The fourth-order valence-corrected chi connectivity index (χ4v) is 2.06. The first kappa shape index (κ1) is 12.1. The number of hydrogen-bond acceptors (Lipinski definition) is 3. The Kier molecular flexibility index (Phi) is 3.76. The topological polar surface area (TPSA) is 61.4 Å². The number of nitrogens with one attached hydrogen (secondary N) is 2. The van der Waals surface area contributed by atoms with Crippen molar-refractivity contribution < 1.29 is 9.90 Å². The highest BCUT2D eigenvalue weighted by Gasteiger charge is 2.28. The fourth-order valence-electron chi connectivity index (χ4n) is 2.06. The summed E-state index contributed by atoms with van der Waals surface area (Å²) in [6.45, 7) is 2.45. The smallest absolute Gasteiger partial charge is 0.237 e. The van der Waals surface area contributed by atoms with Crippen molar-refractivity contribution in [3.63, 3.8) is 0 Å². The highest BCUT2D eigenvalue weighted by Crippen LogP contribution is 2.13. The largest absolute Gasteiger partial charge is 0.392 e. The van der Waals surface area contributed by atoms with E-state index >= 15 is 0 Å². The molecule has 4 heteroatoms. The number of aliphatic hydroxyl groups excluding tert-OH is 1. The highest BCUT2D eigenvalue weighted by molar-refractivity contribution is 5.82. The molecule has 17 heavy (non-hydrogen) atoms. The lowest BCUT2D eigenvalue weighted by Gasteiger charge is -2.17. The molecule has 1 aliphatic heterocycles. The van der Waals surface area contributed by atoms with E-state index in [-0.39, 0.29) is 18.0 Å². The van der Waals surface area contributed by atoms with E-state index in [1.807, 2.05) is 37.3 Å². The lowest BCUT2D eigenvalue weighted by atomic mass is 10.1. The van der Waals surface area contributed by atoms with Crippen LogP contribution in [0.4, 0.5) is 0 Å². The molecular formula is C13H18N2O2. The Morgan fingerprint density at radius 1 is 1.47 bits per heavy atom. The summed E-state index contributed by atoms with van der Waals surface area (Å²) in [5.41, 5.74) is 1.08. The molecular weight excluding hydrogens is 216 g/mol. The molecule has 0 spiro atoms. The molecule has 0 bridgehead atoms. The molecule has 1 aromatic carbocycles. The summed E-state index contributed by atoms with van der Waals surface area (Å²) in [6.07, 6.45) is 0.0886. The SMILES string of the molecule is C[C@H](NC(=O)C1CC(O)CN1)c1ccccc1. The molecule has 0 saturated carbocycles. The highest BCUT2D eigenvalue weighted by atomic mass is 16.3. The minimum absolute atomic E-state index is 0.0109. The van der Waals surface area contributed by atoms with Crippen LogP contribution in [0, 0.1) is 0 Å². The van der Waals surface area contributed by atoms with Crippen LogP contribution < -0.4 is 10.6 Å². The Balaban J connectivity index is 1.91. The zero-order valence-corrected chi connectivity index (χ0v) is 9.89. The van der Waals surface area contributed by atoms with Gasteiger partial charge in [-0.25, -0.2) is 0 Å². The molecule has 4 nitrogen and oxygen atoms in total. The molecule has 1 aliphatic rings. The van der Waals surface area contributed by atoms with E-state index in [0.717, 1.165) is 5.56 Å². The monoisotopic (exact) mass is 234 g/mol. The van der Waals surface area contributed by atoms with Crippen molar-refractivity contribution in [1.82, 2.24) is 10.6 Å². The van der Waals surface area contributed by atoms with Crippen molar-refractivity contribution in [2.45, 2.75) is 31.5 Å². The molecule has 0 aliphatic carbocycles. The zero-order valence-electron chi connectivity index (χ0n) is 9.89. The van der Waals surface area contributed by atoms with Gasteiger partial charge in [-0.05, 0) is 18.9 Å². The average Bonchev–Trinajstić information content (AvgIpc) is 2.77. The number of carbonyl (C=O) groups is 1. The van der Waals surface area contributed by atoms with Crippen LogP contribution in [0.5, 0.6) is 0 Å². The molecule has 2 unspecified atom stereocenters. The van der Waals surface area contributed by atoms with Gasteiger partial charge in [0.1, 0.15) is 0 Å². The summed E-state index contributed by atoms with van der Waals surface area (Å²) in [5, 5.41) is 15.3. The summed E-state index contributed by atoms with van der Waals surface area (Å²) in [6, 6.07) is 9.56. The van der Waals surface area contributed by atoms with Crippen LogP contribution in [-0.4, -0.2) is 29.7 Å². The molecule has 3 atom stereocenters. The maximum atomic E-state index is 11.9. The van der Waals surface area contributed by atoms with Gasteiger partial charge in [-0.1, -0.05) is 30.3 Å². The normalized spacial score (nSPS) is 25.5. The average molecular weight is 234 g/mol. The second-order valence-electron chi connectivity index (χ2n) is 4.49. The second kappa shape index (κ2) is 5.29. The van der Waals surface area contributed by atoms with E-state index in [2.05, 4.69) is 10.6 Å². The zero-order chi connectivity index (χ0) is 12.3. The quantitative estimate of drug-likeness (QED) is 0.717. The van der Waals surface area contributed by atoms with Gasteiger partial charge in [0, 0.05) is 6.54 Å². The third-order valence-electron chi connectivity index (χ3n) is 3.08. The third-order valence-corrected chi connectivity index (χ3v) is 3.08. The van der Waals surface area contributed by atoms with E-state index in [9.17, 15) is 9.90 Å². The van der Waals surface area contributed by atoms with Gasteiger partial charge in [-0.3, -0.25) is 4.79 Å². The number of benzene rings is 1.